The zero-order valence-corrected chi connectivity index (χ0v) is 17.8. The van der Waals surface area contributed by atoms with Gasteiger partial charge in [0.15, 0.2) is 0 Å². The molecule has 0 aromatic heterocycles. The Morgan fingerprint density at radius 3 is 2.52 bits per heavy atom. The van der Waals surface area contributed by atoms with Crippen LogP contribution in [0.25, 0.3) is 0 Å². The van der Waals surface area contributed by atoms with Crippen LogP contribution in [0, 0.1) is 0 Å². The Bertz CT molecular complexity index is 1020. The maximum absolute atomic E-state index is 13.0. The molecule has 0 aliphatic carbocycles. The van der Waals surface area contributed by atoms with Crippen molar-refractivity contribution < 1.29 is 22.7 Å². The van der Waals surface area contributed by atoms with E-state index in [4.69, 9.17) is 4.74 Å². The van der Waals surface area contributed by atoms with Crippen LogP contribution in [0.5, 0.6) is 0 Å². The first-order chi connectivity index (χ1) is 14.9. The fourth-order valence-electron chi connectivity index (χ4n) is 3.28. The van der Waals surface area contributed by atoms with Gasteiger partial charge in [-0.1, -0.05) is 36.9 Å². The molecule has 164 valence electrons. The van der Waals surface area contributed by atoms with E-state index in [0.717, 1.165) is 5.56 Å². The monoisotopic (exact) mass is 443 g/mol. The summed E-state index contributed by atoms with van der Waals surface area (Å²) in [7, 11) is -3.72. The largest absolute Gasteiger partial charge is 0.444 e. The molecule has 0 radical (unpaired) electrons. The van der Waals surface area contributed by atoms with Crippen LogP contribution in [0.3, 0.4) is 0 Å². The molecule has 1 heterocycles. The number of benzene rings is 2. The number of carbonyl (C=O) groups excluding carboxylic acids is 2. The summed E-state index contributed by atoms with van der Waals surface area (Å²) in [4.78, 5) is 23.6. The number of nitrogens with one attached hydrogen (secondary N) is 2. The van der Waals surface area contributed by atoms with Crippen LogP contribution in [0.1, 0.15) is 18.4 Å². The minimum atomic E-state index is -3.72. The Morgan fingerprint density at radius 2 is 1.84 bits per heavy atom. The highest BCUT2D eigenvalue weighted by atomic mass is 32.2. The Kier molecular flexibility index (Phi) is 7.43. The summed E-state index contributed by atoms with van der Waals surface area (Å²) in [6.07, 6.45) is 1.90. The lowest BCUT2D eigenvalue weighted by Crippen LogP contribution is -2.49. The van der Waals surface area contributed by atoms with Crippen molar-refractivity contribution in [3.05, 3.63) is 72.8 Å². The third-order valence-electron chi connectivity index (χ3n) is 4.87. The highest BCUT2D eigenvalue weighted by molar-refractivity contribution is 7.89. The summed E-state index contributed by atoms with van der Waals surface area (Å²) in [6, 6.07) is 14.9. The molecule has 0 bridgehead atoms. The first-order valence-electron chi connectivity index (χ1n) is 9.89. The molecule has 9 heteroatoms. The fourth-order valence-corrected chi connectivity index (χ4v) is 4.80. The molecule has 0 saturated carbocycles. The number of rotatable bonds is 7. The topological polar surface area (TPSA) is 105 Å². The Labute approximate surface area is 181 Å². The summed E-state index contributed by atoms with van der Waals surface area (Å²) in [6.45, 7) is 4.14. The van der Waals surface area contributed by atoms with Crippen molar-refractivity contribution in [2.24, 2.45) is 0 Å². The number of ether oxygens (including phenoxy) is 1. The SMILES string of the molecule is C=CC(=O)N[C@H]1CCCN(S(=O)(=O)c2ccc(NC(=O)OCc3ccccc3)cc2)C1. The van der Waals surface area contributed by atoms with Gasteiger partial charge in [0.2, 0.25) is 15.9 Å². The van der Waals surface area contributed by atoms with E-state index in [2.05, 4.69) is 17.2 Å². The maximum atomic E-state index is 13.0. The second-order valence-corrected chi connectivity index (χ2v) is 9.06. The van der Waals surface area contributed by atoms with Gasteiger partial charge < -0.3 is 10.1 Å². The van der Waals surface area contributed by atoms with Crippen molar-refractivity contribution in [3.63, 3.8) is 0 Å². The molecular formula is C22H25N3O5S. The number of hydrogen-bond acceptors (Lipinski definition) is 5. The van der Waals surface area contributed by atoms with Gasteiger partial charge in [-0.15, -0.1) is 0 Å². The first kappa shape index (κ1) is 22.5. The molecule has 8 nitrogen and oxygen atoms in total. The van der Waals surface area contributed by atoms with E-state index in [9.17, 15) is 18.0 Å². The van der Waals surface area contributed by atoms with E-state index in [-0.39, 0.29) is 30.0 Å². The van der Waals surface area contributed by atoms with Crippen LogP contribution in [0.15, 0.2) is 72.1 Å². The second-order valence-electron chi connectivity index (χ2n) is 7.13. The zero-order valence-electron chi connectivity index (χ0n) is 17.0. The van der Waals surface area contributed by atoms with Gasteiger partial charge in [0, 0.05) is 24.8 Å². The molecule has 31 heavy (non-hydrogen) atoms. The molecule has 1 aliphatic heterocycles. The Morgan fingerprint density at radius 1 is 1.13 bits per heavy atom. The van der Waals surface area contributed by atoms with Gasteiger partial charge >= 0.3 is 6.09 Å². The van der Waals surface area contributed by atoms with Gasteiger partial charge in [-0.05, 0) is 48.7 Å². The third-order valence-corrected chi connectivity index (χ3v) is 6.75. The maximum Gasteiger partial charge on any atom is 0.411 e. The van der Waals surface area contributed by atoms with Gasteiger partial charge in [-0.2, -0.15) is 4.31 Å². The van der Waals surface area contributed by atoms with Crippen molar-refractivity contribution in [2.45, 2.75) is 30.4 Å². The lowest BCUT2D eigenvalue weighted by Gasteiger charge is -2.32. The quantitative estimate of drug-likeness (QED) is 0.641. The smallest absolute Gasteiger partial charge is 0.411 e. The van der Waals surface area contributed by atoms with Crippen molar-refractivity contribution in [1.82, 2.24) is 9.62 Å². The number of hydrogen-bond donors (Lipinski definition) is 2. The molecule has 3 rings (SSSR count). The number of carbonyl (C=O) groups is 2. The normalized spacial score (nSPS) is 16.8. The van der Waals surface area contributed by atoms with E-state index in [1.165, 1.54) is 34.6 Å². The van der Waals surface area contributed by atoms with E-state index >= 15 is 0 Å². The summed E-state index contributed by atoms with van der Waals surface area (Å²) >= 11 is 0. The van der Waals surface area contributed by atoms with Gasteiger partial charge in [0.05, 0.1) is 4.90 Å². The molecule has 2 aromatic carbocycles. The third kappa shape index (κ3) is 6.16. The van der Waals surface area contributed by atoms with Gasteiger partial charge in [-0.3, -0.25) is 10.1 Å². The molecule has 2 N–H and O–H groups in total. The molecule has 1 fully saturated rings. The first-order valence-corrected chi connectivity index (χ1v) is 11.3. The van der Waals surface area contributed by atoms with Crippen molar-refractivity contribution in [2.75, 3.05) is 18.4 Å². The second kappa shape index (κ2) is 10.2. The molecule has 2 amide bonds. The summed E-state index contributed by atoms with van der Waals surface area (Å²) < 4.78 is 32.4. The average Bonchev–Trinajstić information content (AvgIpc) is 2.79. The number of nitrogens with zero attached hydrogens (tertiary/aromatic N) is 1. The number of amides is 2. The predicted molar refractivity (Wildman–Crippen MR) is 117 cm³/mol. The molecule has 2 aromatic rings. The van der Waals surface area contributed by atoms with Crippen LogP contribution in [-0.4, -0.2) is 43.9 Å². The zero-order chi connectivity index (χ0) is 22.3. The number of sulfonamides is 1. The van der Waals surface area contributed by atoms with Crippen molar-refractivity contribution in [3.8, 4) is 0 Å². The minimum absolute atomic E-state index is 0.117. The van der Waals surface area contributed by atoms with E-state index in [0.29, 0.717) is 25.1 Å². The van der Waals surface area contributed by atoms with Crippen molar-refractivity contribution in [1.29, 1.82) is 0 Å². The highest BCUT2D eigenvalue weighted by Gasteiger charge is 2.30. The number of piperidine rings is 1. The molecular weight excluding hydrogens is 418 g/mol. The van der Waals surface area contributed by atoms with Crippen molar-refractivity contribution >= 4 is 27.7 Å². The summed E-state index contributed by atoms with van der Waals surface area (Å²) in [5, 5.41) is 5.33. The Hall–Kier alpha value is -3.17. The van der Waals surface area contributed by atoms with Crippen LogP contribution in [-0.2, 0) is 26.2 Å². The highest BCUT2D eigenvalue weighted by Crippen LogP contribution is 2.22. The minimum Gasteiger partial charge on any atom is -0.444 e. The fraction of sp³-hybridized carbons (Fsp3) is 0.273. The van der Waals surface area contributed by atoms with Gasteiger partial charge in [0.25, 0.3) is 0 Å². The standard InChI is InChI=1S/C22H25N3O5S/c1-2-21(26)23-19-9-6-14-25(15-19)31(28,29)20-12-10-18(11-13-20)24-22(27)30-16-17-7-4-3-5-8-17/h2-5,7-8,10-13,19H,1,6,9,14-16H2,(H,23,26)(H,24,27)/t19-/m0/s1. The predicted octanol–water partition coefficient (Wildman–Crippen LogP) is 2.89. The molecule has 1 atom stereocenters. The van der Waals surface area contributed by atoms with Gasteiger partial charge in [-0.25, -0.2) is 13.2 Å². The molecule has 0 unspecified atom stereocenters. The lowest BCUT2D eigenvalue weighted by atomic mass is 10.1. The van der Waals surface area contributed by atoms with E-state index in [1.54, 1.807) is 0 Å². The summed E-state index contributed by atoms with van der Waals surface area (Å²) in [5.41, 5.74) is 1.29. The molecule has 1 saturated heterocycles. The van der Waals surface area contributed by atoms with Crippen LogP contribution in [0.4, 0.5) is 10.5 Å². The number of anilines is 1. The molecule has 0 spiro atoms. The van der Waals surface area contributed by atoms with E-state index in [1.807, 2.05) is 30.3 Å². The molecule has 1 aliphatic rings. The summed E-state index contributed by atoms with van der Waals surface area (Å²) in [5.74, 6) is -0.321. The van der Waals surface area contributed by atoms with Crippen LogP contribution in [0.2, 0.25) is 0 Å². The Balaban J connectivity index is 1.58. The lowest BCUT2D eigenvalue weighted by molar-refractivity contribution is -0.117. The van der Waals surface area contributed by atoms with Gasteiger partial charge in [0.1, 0.15) is 6.61 Å². The van der Waals surface area contributed by atoms with Crippen LogP contribution >= 0.6 is 0 Å². The average molecular weight is 444 g/mol. The van der Waals surface area contributed by atoms with Crippen LogP contribution < -0.4 is 10.6 Å². The van der Waals surface area contributed by atoms with E-state index < -0.39 is 16.1 Å².